The maximum Gasteiger partial charge on any atom is 0.239 e. The fourth-order valence-electron chi connectivity index (χ4n) is 3.73. The van der Waals surface area contributed by atoms with E-state index in [1.807, 2.05) is 6.20 Å². The van der Waals surface area contributed by atoms with Crippen LogP contribution in [-0.2, 0) is 11.2 Å². The Balaban J connectivity index is 1.85. The zero-order valence-electron chi connectivity index (χ0n) is 16.2. The Morgan fingerprint density at radius 3 is 2.65 bits per heavy atom. The molecule has 1 fully saturated rings. The minimum Gasteiger partial charge on any atom is -0.393 e. The number of nitrogens with two attached hydrogens (primary N) is 1. The van der Waals surface area contributed by atoms with E-state index in [9.17, 15) is 9.90 Å². The van der Waals surface area contributed by atoms with Gasteiger partial charge in [0.25, 0.3) is 0 Å². The molecule has 144 valence electrons. The van der Waals surface area contributed by atoms with Gasteiger partial charge in [-0.2, -0.15) is 0 Å². The molecule has 3 rings (SSSR count). The summed E-state index contributed by atoms with van der Waals surface area (Å²) in [5.41, 5.74) is 7.05. The summed E-state index contributed by atoms with van der Waals surface area (Å²) in [4.78, 5) is 23.9. The lowest BCUT2D eigenvalue weighted by molar-refractivity contribution is -0.126. The second kappa shape index (κ2) is 6.78. The van der Waals surface area contributed by atoms with Crippen molar-refractivity contribution in [2.24, 2.45) is 11.1 Å². The summed E-state index contributed by atoms with van der Waals surface area (Å²) in [5.74, 6) is 0.554. The van der Waals surface area contributed by atoms with Gasteiger partial charge in [0.15, 0.2) is 0 Å². The van der Waals surface area contributed by atoms with Gasteiger partial charge in [-0.15, -0.1) is 0 Å². The van der Waals surface area contributed by atoms with Gasteiger partial charge in [0.05, 0.1) is 23.4 Å². The van der Waals surface area contributed by atoms with Crippen molar-refractivity contribution < 1.29 is 9.90 Å². The number of nitrogens with zero attached hydrogens (tertiary/aromatic N) is 3. The summed E-state index contributed by atoms with van der Waals surface area (Å²) in [6.45, 7) is 9.35. The number of carbonyl (C=O) groups is 1. The molecule has 1 amide bonds. The van der Waals surface area contributed by atoms with Crippen molar-refractivity contribution in [1.82, 2.24) is 15.3 Å². The van der Waals surface area contributed by atoms with Crippen LogP contribution in [0.15, 0.2) is 6.20 Å². The first-order valence-corrected chi connectivity index (χ1v) is 9.44. The van der Waals surface area contributed by atoms with Crippen molar-refractivity contribution in [2.45, 2.75) is 71.1 Å². The maximum atomic E-state index is 12.4. The minimum absolute atomic E-state index is 0.0351. The third-order valence-corrected chi connectivity index (χ3v) is 5.30. The molecule has 2 heterocycles. The Morgan fingerprint density at radius 2 is 2.04 bits per heavy atom. The molecule has 1 unspecified atom stereocenters. The fourth-order valence-corrected chi connectivity index (χ4v) is 3.73. The summed E-state index contributed by atoms with van der Waals surface area (Å²) in [6.07, 6.45) is 4.81. The molecule has 0 radical (unpaired) electrons. The quantitative estimate of drug-likeness (QED) is 0.750. The lowest BCUT2D eigenvalue weighted by atomic mass is 9.74. The fraction of sp³-hybridized carbons (Fsp3) is 0.737. The second-order valence-corrected chi connectivity index (χ2v) is 9.08. The average molecular weight is 361 g/mol. The van der Waals surface area contributed by atoms with E-state index in [1.54, 1.807) is 13.8 Å². The molecule has 0 bridgehead atoms. The SMILES string of the molecule is CC1(C)Cc2nc(N3CCC(O)CC3)ncc2C(NC(=O)C(C)(C)N)C1. The Bertz CT molecular complexity index is 675. The van der Waals surface area contributed by atoms with Gasteiger partial charge in [0.1, 0.15) is 0 Å². The molecule has 1 aliphatic heterocycles. The molecule has 1 aromatic heterocycles. The monoisotopic (exact) mass is 361 g/mol. The number of fused-ring (bicyclic) bond motifs is 1. The van der Waals surface area contributed by atoms with Crippen LogP contribution in [0.2, 0.25) is 0 Å². The standard InChI is InChI=1S/C19H31N5O2/c1-18(2)9-14(22-16(26)19(3,4)20)13-11-21-17(23-15(13)10-18)24-7-5-12(25)6-8-24/h11-12,14,25H,5-10,20H2,1-4H3,(H,22,26). The number of aliphatic hydroxyl groups excluding tert-OH is 1. The first-order valence-electron chi connectivity index (χ1n) is 9.44. The molecule has 4 N–H and O–H groups in total. The van der Waals surface area contributed by atoms with E-state index in [0.717, 1.165) is 56.0 Å². The van der Waals surface area contributed by atoms with Gasteiger partial charge in [0.2, 0.25) is 11.9 Å². The van der Waals surface area contributed by atoms with Crippen LogP contribution in [0.25, 0.3) is 0 Å². The number of aliphatic hydroxyl groups is 1. The van der Waals surface area contributed by atoms with Crippen LogP contribution < -0.4 is 16.0 Å². The number of hydrogen-bond donors (Lipinski definition) is 3. The Kier molecular flexibility index (Phi) is 4.96. The third kappa shape index (κ3) is 4.15. The highest BCUT2D eigenvalue weighted by Crippen LogP contribution is 2.40. The normalized spacial score (nSPS) is 23.5. The van der Waals surface area contributed by atoms with E-state index < -0.39 is 5.54 Å². The number of hydrogen-bond acceptors (Lipinski definition) is 6. The van der Waals surface area contributed by atoms with Crippen molar-refractivity contribution in [1.29, 1.82) is 0 Å². The number of carbonyl (C=O) groups excluding carboxylic acids is 1. The summed E-state index contributed by atoms with van der Waals surface area (Å²) in [5, 5.41) is 12.8. The minimum atomic E-state index is -0.919. The highest BCUT2D eigenvalue weighted by molar-refractivity contribution is 5.85. The number of amides is 1. The van der Waals surface area contributed by atoms with Gasteiger partial charge in [-0.1, -0.05) is 13.8 Å². The Morgan fingerprint density at radius 1 is 1.38 bits per heavy atom. The zero-order valence-corrected chi connectivity index (χ0v) is 16.2. The van der Waals surface area contributed by atoms with E-state index in [0.29, 0.717) is 0 Å². The molecule has 1 atom stereocenters. The van der Waals surface area contributed by atoms with Crippen molar-refractivity contribution in [3.8, 4) is 0 Å². The number of aromatic nitrogens is 2. The van der Waals surface area contributed by atoms with Gasteiger partial charge in [-0.05, 0) is 44.9 Å². The van der Waals surface area contributed by atoms with Crippen LogP contribution in [0.4, 0.5) is 5.95 Å². The van der Waals surface area contributed by atoms with Gasteiger partial charge in [-0.25, -0.2) is 9.97 Å². The molecule has 7 nitrogen and oxygen atoms in total. The van der Waals surface area contributed by atoms with Crippen LogP contribution in [0.1, 0.15) is 64.3 Å². The molecule has 0 spiro atoms. The first kappa shape index (κ1) is 19.0. The maximum absolute atomic E-state index is 12.4. The average Bonchev–Trinajstić information content (AvgIpc) is 2.53. The van der Waals surface area contributed by atoms with E-state index >= 15 is 0 Å². The molecular weight excluding hydrogens is 330 g/mol. The zero-order chi connectivity index (χ0) is 19.1. The smallest absolute Gasteiger partial charge is 0.239 e. The molecule has 1 aromatic rings. The summed E-state index contributed by atoms with van der Waals surface area (Å²) < 4.78 is 0. The van der Waals surface area contributed by atoms with E-state index in [2.05, 4.69) is 29.0 Å². The van der Waals surface area contributed by atoms with Crippen molar-refractivity contribution >= 4 is 11.9 Å². The Labute approximate surface area is 155 Å². The lowest BCUT2D eigenvalue weighted by Gasteiger charge is -2.38. The lowest BCUT2D eigenvalue weighted by Crippen LogP contribution is -2.51. The summed E-state index contributed by atoms with van der Waals surface area (Å²) >= 11 is 0. The molecule has 1 saturated heterocycles. The Hall–Kier alpha value is -1.73. The predicted molar refractivity (Wildman–Crippen MR) is 101 cm³/mol. The van der Waals surface area contributed by atoms with Crippen molar-refractivity contribution in [2.75, 3.05) is 18.0 Å². The summed E-state index contributed by atoms with van der Waals surface area (Å²) in [7, 11) is 0. The van der Waals surface area contributed by atoms with Gasteiger partial charge >= 0.3 is 0 Å². The molecule has 2 aliphatic rings. The van der Waals surface area contributed by atoms with Crippen molar-refractivity contribution in [3.63, 3.8) is 0 Å². The van der Waals surface area contributed by atoms with Crippen LogP contribution >= 0.6 is 0 Å². The van der Waals surface area contributed by atoms with Crippen molar-refractivity contribution in [3.05, 3.63) is 17.5 Å². The molecule has 7 heteroatoms. The first-order chi connectivity index (χ1) is 12.0. The molecule has 1 aliphatic carbocycles. The highest BCUT2D eigenvalue weighted by atomic mass is 16.3. The topological polar surface area (TPSA) is 104 Å². The number of rotatable bonds is 3. The van der Waals surface area contributed by atoms with Gasteiger partial charge < -0.3 is 21.1 Å². The van der Waals surface area contributed by atoms with E-state index in [1.165, 1.54) is 0 Å². The van der Waals surface area contributed by atoms with Crippen LogP contribution in [-0.4, -0.2) is 45.7 Å². The number of anilines is 1. The number of piperidine rings is 1. The van der Waals surface area contributed by atoms with Gasteiger partial charge in [-0.3, -0.25) is 4.79 Å². The molecule has 0 saturated carbocycles. The molecule has 26 heavy (non-hydrogen) atoms. The predicted octanol–water partition coefficient (Wildman–Crippen LogP) is 1.30. The van der Waals surface area contributed by atoms with E-state index in [-0.39, 0.29) is 23.5 Å². The third-order valence-electron chi connectivity index (χ3n) is 5.30. The van der Waals surface area contributed by atoms with Crippen LogP contribution in [0, 0.1) is 5.41 Å². The van der Waals surface area contributed by atoms with Crippen LogP contribution in [0.5, 0.6) is 0 Å². The van der Waals surface area contributed by atoms with E-state index in [4.69, 9.17) is 10.7 Å². The molecule has 0 aromatic carbocycles. The summed E-state index contributed by atoms with van der Waals surface area (Å²) in [6, 6.07) is -0.124. The second-order valence-electron chi connectivity index (χ2n) is 9.08. The largest absolute Gasteiger partial charge is 0.393 e. The van der Waals surface area contributed by atoms with Crippen LogP contribution in [0.3, 0.4) is 0 Å². The molecular formula is C19H31N5O2. The number of nitrogens with one attached hydrogen (secondary N) is 1. The van der Waals surface area contributed by atoms with Gasteiger partial charge in [0, 0.05) is 24.8 Å². The highest BCUT2D eigenvalue weighted by Gasteiger charge is 2.36.